The Labute approximate surface area is 264 Å². The molecule has 0 radical (unpaired) electrons. The van der Waals surface area contributed by atoms with Gasteiger partial charge in [0.05, 0.1) is 22.5 Å². The fraction of sp³-hybridized carbons (Fsp3) is 0.312. The number of nitrogens with one attached hydrogen (secondary N) is 3. The van der Waals surface area contributed by atoms with Crippen molar-refractivity contribution in [3.8, 4) is 11.1 Å². The molecule has 4 aromatic rings. The maximum absolute atomic E-state index is 15.4. The van der Waals surface area contributed by atoms with Gasteiger partial charge in [0.1, 0.15) is 17.4 Å². The van der Waals surface area contributed by atoms with E-state index < -0.39 is 38.8 Å². The predicted molar refractivity (Wildman–Crippen MR) is 171 cm³/mol. The maximum Gasteiger partial charge on any atom is 0.411 e. The molecule has 1 aliphatic rings. The quantitative estimate of drug-likeness (QED) is 0.187. The topological polar surface area (TPSA) is 144 Å². The van der Waals surface area contributed by atoms with Crippen LogP contribution in [0.5, 0.6) is 0 Å². The zero-order valence-corrected chi connectivity index (χ0v) is 26.3. The number of hydrogen-bond acceptors (Lipinski definition) is 8. The van der Waals surface area contributed by atoms with E-state index in [9.17, 15) is 22.8 Å². The lowest BCUT2D eigenvalue weighted by Gasteiger charge is -2.16. The minimum atomic E-state index is -4.03. The highest BCUT2D eigenvalue weighted by Gasteiger charge is 2.38. The number of aromatic nitrogens is 1. The molecule has 3 N–H and O–H groups in total. The van der Waals surface area contributed by atoms with Crippen LogP contribution in [0.1, 0.15) is 42.5 Å². The van der Waals surface area contributed by atoms with Crippen molar-refractivity contribution in [2.45, 2.75) is 44.6 Å². The van der Waals surface area contributed by atoms with E-state index in [4.69, 9.17) is 4.74 Å². The van der Waals surface area contributed by atoms with Crippen molar-refractivity contribution >= 4 is 55.0 Å². The van der Waals surface area contributed by atoms with Gasteiger partial charge in [0.2, 0.25) is 11.8 Å². The van der Waals surface area contributed by atoms with Crippen molar-refractivity contribution in [3.63, 3.8) is 0 Å². The van der Waals surface area contributed by atoms with Crippen molar-refractivity contribution < 1.29 is 31.9 Å². The third kappa shape index (κ3) is 8.43. The van der Waals surface area contributed by atoms with Gasteiger partial charge >= 0.3 is 6.09 Å². The van der Waals surface area contributed by atoms with Crippen molar-refractivity contribution in [2.24, 2.45) is 5.92 Å². The van der Waals surface area contributed by atoms with E-state index in [1.807, 2.05) is 30.3 Å². The Morgan fingerprint density at radius 3 is 2.51 bits per heavy atom. The molecule has 0 bridgehead atoms. The fourth-order valence-corrected chi connectivity index (χ4v) is 8.14. The number of ether oxygens (including phenoxy) is 1. The predicted octanol–water partition coefficient (Wildman–Crippen LogP) is 5.36. The number of fused-ring (bicyclic) bond motifs is 1. The van der Waals surface area contributed by atoms with Crippen molar-refractivity contribution in [1.29, 1.82) is 0 Å². The van der Waals surface area contributed by atoms with E-state index in [-0.39, 0.29) is 47.0 Å². The van der Waals surface area contributed by atoms with Crippen LogP contribution in [0.2, 0.25) is 0 Å². The number of carbonyl (C=O) groups is 3. The molecule has 1 saturated carbocycles. The average Bonchev–Trinajstić information content (AvgIpc) is 3.71. The summed E-state index contributed by atoms with van der Waals surface area (Å²) >= 11 is 0.971. The van der Waals surface area contributed by atoms with E-state index >= 15 is 4.39 Å². The standard InChI is InChI=1S/C32H33FN4O6S2/c1-19(2)18-45(41,42)29(30(39)34-16-28(38)35-22-11-12-22)31-37-26-15-25(33)24(14-27(26)44-31)21-9-6-10-23(13-21)36-32(40)43-17-20-7-4-3-5-8-20/h3-10,13-15,19,22,29H,11-12,16-18H2,1-2H3,(H,34,39)(H,35,38)(H,36,40). The van der Waals surface area contributed by atoms with E-state index in [2.05, 4.69) is 20.9 Å². The lowest BCUT2D eigenvalue weighted by atomic mass is 10.0. The average molecular weight is 653 g/mol. The highest BCUT2D eigenvalue weighted by molar-refractivity contribution is 7.92. The molecule has 1 fully saturated rings. The summed E-state index contributed by atoms with van der Waals surface area (Å²) < 4.78 is 47.9. The van der Waals surface area contributed by atoms with E-state index in [1.165, 1.54) is 12.1 Å². The Morgan fingerprint density at radius 1 is 1.04 bits per heavy atom. The number of benzene rings is 3. The summed E-state index contributed by atoms with van der Waals surface area (Å²) in [7, 11) is -4.03. The molecule has 45 heavy (non-hydrogen) atoms. The third-order valence-corrected chi connectivity index (χ3v) is 10.4. The summed E-state index contributed by atoms with van der Waals surface area (Å²) in [6.07, 6.45) is 1.07. The Hall–Kier alpha value is -4.36. The number of halogens is 1. The Morgan fingerprint density at radius 2 is 1.80 bits per heavy atom. The molecule has 3 aromatic carbocycles. The summed E-state index contributed by atoms with van der Waals surface area (Å²) in [5.74, 6) is -2.42. The zero-order chi connectivity index (χ0) is 32.1. The van der Waals surface area contributed by atoms with Crippen molar-refractivity contribution in [1.82, 2.24) is 15.6 Å². The van der Waals surface area contributed by atoms with Crippen LogP contribution in [0, 0.1) is 11.7 Å². The smallest absolute Gasteiger partial charge is 0.411 e. The molecule has 1 unspecified atom stereocenters. The van der Waals surface area contributed by atoms with Crippen molar-refractivity contribution in [3.05, 3.63) is 83.1 Å². The summed E-state index contributed by atoms with van der Waals surface area (Å²) in [5, 5.41) is 6.16. The molecule has 3 amide bonds. The first-order valence-corrected chi connectivity index (χ1v) is 17.0. The van der Waals surface area contributed by atoms with Crippen LogP contribution in [0.3, 0.4) is 0 Å². The number of nitrogens with zero attached hydrogens (tertiary/aromatic N) is 1. The monoisotopic (exact) mass is 652 g/mol. The van der Waals surface area contributed by atoms with E-state index in [1.54, 1.807) is 38.1 Å². The highest BCUT2D eigenvalue weighted by atomic mass is 32.2. The molecule has 5 rings (SSSR count). The van der Waals surface area contributed by atoms with E-state index in [0.29, 0.717) is 16.0 Å². The maximum atomic E-state index is 15.4. The second kappa shape index (κ2) is 13.7. The van der Waals surface area contributed by atoms with Gasteiger partial charge in [-0.05, 0) is 48.1 Å². The molecule has 1 heterocycles. The fourth-order valence-electron chi connectivity index (χ4n) is 4.70. The van der Waals surface area contributed by atoms with Crippen LogP contribution >= 0.6 is 11.3 Å². The van der Waals surface area contributed by atoms with Gasteiger partial charge < -0.3 is 15.4 Å². The lowest BCUT2D eigenvalue weighted by molar-refractivity contribution is -0.126. The molecular weight excluding hydrogens is 620 g/mol. The Bertz CT molecular complexity index is 1820. The lowest BCUT2D eigenvalue weighted by Crippen LogP contribution is -2.42. The van der Waals surface area contributed by atoms with Crippen LogP contribution in [-0.2, 0) is 30.8 Å². The number of thiazole rings is 1. The normalized spacial score (nSPS) is 13.8. The summed E-state index contributed by atoms with van der Waals surface area (Å²) in [6.45, 7) is 3.17. The van der Waals surface area contributed by atoms with E-state index in [0.717, 1.165) is 29.7 Å². The molecule has 10 nitrogen and oxygen atoms in total. The molecule has 1 aliphatic carbocycles. The minimum Gasteiger partial charge on any atom is -0.444 e. The van der Waals surface area contributed by atoms with Gasteiger partial charge in [0.25, 0.3) is 0 Å². The summed E-state index contributed by atoms with van der Waals surface area (Å²) in [4.78, 5) is 42.1. The van der Waals surface area contributed by atoms with Crippen LogP contribution in [0.4, 0.5) is 14.9 Å². The summed E-state index contributed by atoms with van der Waals surface area (Å²) in [6, 6.07) is 18.6. The van der Waals surface area contributed by atoms with Gasteiger partial charge in [-0.2, -0.15) is 0 Å². The number of amides is 3. The van der Waals surface area contributed by atoms with Gasteiger partial charge in [-0.3, -0.25) is 14.9 Å². The Balaban J connectivity index is 1.37. The highest BCUT2D eigenvalue weighted by Crippen LogP contribution is 2.36. The molecule has 1 aromatic heterocycles. The number of hydrogen-bond donors (Lipinski definition) is 3. The molecular formula is C32H33FN4O6S2. The number of anilines is 1. The van der Waals surface area contributed by atoms with Gasteiger partial charge in [-0.25, -0.2) is 22.6 Å². The van der Waals surface area contributed by atoms with Crippen molar-refractivity contribution in [2.75, 3.05) is 17.6 Å². The molecule has 0 spiro atoms. The first-order chi connectivity index (χ1) is 21.5. The van der Waals surface area contributed by atoms with Crippen LogP contribution in [0.15, 0.2) is 66.7 Å². The SMILES string of the molecule is CC(C)CS(=O)(=O)C(C(=O)NCC(=O)NC1CC1)c1nc2cc(F)c(-c3cccc(NC(=O)OCc4ccccc4)c3)cc2s1. The van der Waals surface area contributed by atoms with Crippen LogP contribution in [-0.4, -0.2) is 49.6 Å². The van der Waals surface area contributed by atoms with Gasteiger partial charge in [0.15, 0.2) is 15.1 Å². The van der Waals surface area contributed by atoms with Gasteiger partial charge in [-0.1, -0.05) is 56.3 Å². The number of sulfone groups is 1. The molecule has 236 valence electrons. The Kier molecular flexibility index (Phi) is 9.78. The minimum absolute atomic E-state index is 0.0149. The number of carbonyl (C=O) groups excluding carboxylic acids is 3. The first kappa shape index (κ1) is 32.0. The zero-order valence-electron chi connectivity index (χ0n) is 24.7. The second-order valence-electron chi connectivity index (χ2n) is 11.3. The first-order valence-electron chi connectivity index (χ1n) is 14.5. The molecule has 13 heteroatoms. The van der Waals surface area contributed by atoms with Crippen LogP contribution < -0.4 is 16.0 Å². The molecule has 0 aliphatic heterocycles. The molecule has 1 atom stereocenters. The van der Waals surface area contributed by atoms with Crippen LogP contribution in [0.25, 0.3) is 21.3 Å². The largest absolute Gasteiger partial charge is 0.444 e. The summed E-state index contributed by atoms with van der Waals surface area (Å²) in [5.41, 5.74) is 2.06. The molecule has 0 saturated heterocycles. The second-order valence-corrected chi connectivity index (χ2v) is 14.5. The van der Waals surface area contributed by atoms with Gasteiger partial charge in [-0.15, -0.1) is 11.3 Å². The number of rotatable bonds is 12. The third-order valence-electron chi connectivity index (χ3n) is 6.88. The van der Waals surface area contributed by atoms with Gasteiger partial charge in [0, 0.05) is 23.4 Å².